The van der Waals surface area contributed by atoms with E-state index in [0.29, 0.717) is 6.54 Å². The fourth-order valence-corrected chi connectivity index (χ4v) is 3.70. The maximum atomic E-state index is 12.5. The number of ether oxygens (including phenoxy) is 2. The van der Waals surface area contributed by atoms with Crippen LogP contribution in [0.25, 0.3) is 0 Å². The average Bonchev–Trinajstić information content (AvgIpc) is 3.23. The van der Waals surface area contributed by atoms with Crippen LogP contribution in [0, 0.1) is 0 Å². The van der Waals surface area contributed by atoms with Crippen molar-refractivity contribution in [1.82, 2.24) is 4.90 Å². The number of hydrogen-bond donors (Lipinski definition) is 1. The second-order valence-corrected chi connectivity index (χ2v) is 7.35. The van der Waals surface area contributed by atoms with Crippen molar-refractivity contribution in [3.8, 4) is 0 Å². The first-order valence-corrected chi connectivity index (χ1v) is 9.50. The van der Waals surface area contributed by atoms with Crippen molar-refractivity contribution in [1.29, 1.82) is 0 Å². The Kier molecular flexibility index (Phi) is 6.66. The van der Waals surface area contributed by atoms with Gasteiger partial charge in [-0.05, 0) is 53.7 Å². The molecule has 1 aromatic carbocycles. The summed E-state index contributed by atoms with van der Waals surface area (Å²) in [5, 5.41) is 2.98. The van der Waals surface area contributed by atoms with E-state index in [1.165, 1.54) is 0 Å². The van der Waals surface area contributed by atoms with Crippen LogP contribution >= 0.6 is 15.9 Å². The lowest BCUT2D eigenvalue weighted by Gasteiger charge is -2.27. The van der Waals surface area contributed by atoms with Gasteiger partial charge in [-0.1, -0.05) is 12.1 Å². The number of amides is 1. The monoisotopic (exact) mass is 396 g/mol. The minimum absolute atomic E-state index is 0.00195. The molecule has 5 nitrogen and oxygen atoms in total. The molecule has 6 heteroatoms. The third-order valence-electron chi connectivity index (χ3n) is 4.49. The van der Waals surface area contributed by atoms with Crippen LogP contribution in [0.5, 0.6) is 0 Å². The number of halogens is 1. The molecule has 2 aliphatic heterocycles. The van der Waals surface area contributed by atoms with Gasteiger partial charge in [0.15, 0.2) is 0 Å². The molecule has 132 valence electrons. The molecule has 0 bridgehead atoms. The highest BCUT2D eigenvalue weighted by Crippen LogP contribution is 2.21. The Morgan fingerprint density at radius 1 is 1.12 bits per heavy atom. The maximum absolute atomic E-state index is 12.5. The van der Waals surface area contributed by atoms with Gasteiger partial charge in [0.2, 0.25) is 5.91 Å². The number of benzene rings is 1. The number of para-hydroxylation sites is 1. The molecule has 2 aliphatic rings. The zero-order valence-electron chi connectivity index (χ0n) is 13.9. The van der Waals surface area contributed by atoms with Crippen LogP contribution in [0.1, 0.15) is 25.7 Å². The molecule has 2 heterocycles. The SMILES string of the molecule is O=C(CN(CC1CCCO1)CC1CCCO1)Nc1ccccc1Br. The van der Waals surface area contributed by atoms with Crippen molar-refractivity contribution in [2.45, 2.75) is 37.9 Å². The van der Waals surface area contributed by atoms with E-state index >= 15 is 0 Å². The number of anilines is 1. The molecule has 0 saturated carbocycles. The highest BCUT2D eigenvalue weighted by Gasteiger charge is 2.25. The van der Waals surface area contributed by atoms with E-state index in [4.69, 9.17) is 9.47 Å². The number of nitrogens with zero attached hydrogens (tertiary/aromatic N) is 1. The molecule has 1 amide bonds. The molecule has 1 aromatic rings. The molecule has 2 saturated heterocycles. The first-order valence-electron chi connectivity index (χ1n) is 8.70. The van der Waals surface area contributed by atoms with Gasteiger partial charge >= 0.3 is 0 Å². The summed E-state index contributed by atoms with van der Waals surface area (Å²) in [6.07, 6.45) is 4.86. The first kappa shape index (κ1) is 17.9. The third kappa shape index (κ3) is 5.28. The van der Waals surface area contributed by atoms with Crippen molar-refractivity contribution < 1.29 is 14.3 Å². The molecule has 2 fully saturated rings. The molecule has 3 rings (SSSR count). The van der Waals surface area contributed by atoms with Crippen LogP contribution < -0.4 is 5.32 Å². The molecule has 2 atom stereocenters. The van der Waals surface area contributed by atoms with Crippen molar-refractivity contribution in [2.75, 3.05) is 38.2 Å². The van der Waals surface area contributed by atoms with Gasteiger partial charge < -0.3 is 14.8 Å². The largest absolute Gasteiger partial charge is 0.377 e. The number of rotatable bonds is 7. The van der Waals surface area contributed by atoms with E-state index in [9.17, 15) is 4.79 Å². The molecular formula is C18H25BrN2O3. The van der Waals surface area contributed by atoms with Gasteiger partial charge in [0.05, 0.1) is 24.4 Å². The van der Waals surface area contributed by atoms with Crippen LogP contribution in [-0.2, 0) is 14.3 Å². The highest BCUT2D eigenvalue weighted by molar-refractivity contribution is 9.10. The Balaban J connectivity index is 1.56. The van der Waals surface area contributed by atoms with Gasteiger partial charge in [-0.15, -0.1) is 0 Å². The van der Waals surface area contributed by atoms with Gasteiger partial charge in [0, 0.05) is 30.8 Å². The summed E-state index contributed by atoms with van der Waals surface area (Å²) in [7, 11) is 0. The average molecular weight is 397 g/mol. The van der Waals surface area contributed by atoms with E-state index in [-0.39, 0.29) is 18.1 Å². The molecule has 0 spiro atoms. The van der Waals surface area contributed by atoms with Crippen LogP contribution in [-0.4, -0.2) is 55.9 Å². The van der Waals surface area contributed by atoms with Crippen LogP contribution in [0.3, 0.4) is 0 Å². The van der Waals surface area contributed by atoms with Crippen molar-refractivity contribution in [3.63, 3.8) is 0 Å². The quantitative estimate of drug-likeness (QED) is 0.769. The van der Waals surface area contributed by atoms with Crippen molar-refractivity contribution in [2.24, 2.45) is 0 Å². The molecule has 0 aliphatic carbocycles. The number of carbonyl (C=O) groups is 1. The van der Waals surface area contributed by atoms with E-state index < -0.39 is 0 Å². The van der Waals surface area contributed by atoms with E-state index in [1.54, 1.807) is 0 Å². The van der Waals surface area contributed by atoms with Gasteiger partial charge in [-0.25, -0.2) is 0 Å². The van der Waals surface area contributed by atoms with Crippen LogP contribution in [0.15, 0.2) is 28.7 Å². The minimum Gasteiger partial charge on any atom is -0.377 e. The summed E-state index contributed by atoms with van der Waals surface area (Å²) in [5.41, 5.74) is 0.802. The first-order chi connectivity index (χ1) is 11.7. The third-order valence-corrected chi connectivity index (χ3v) is 5.18. The topological polar surface area (TPSA) is 50.8 Å². The standard InChI is InChI=1S/C18H25BrN2O3/c19-16-7-1-2-8-17(16)20-18(22)13-21(11-14-5-3-9-23-14)12-15-6-4-10-24-15/h1-2,7-8,14-15H,3-6,9-13H2,(H,20,22). The van der Waals surface area contributed by atoms with Crippen molar-refractivity contribution >= 4 is 27.5 Å². The number of nitrogens with one attached hydrogen (secondary N) is 1. The summed E-state index contributed by atoms with van der Waals surface area (Å²) in [5.74, 6) is -0.00195. The number of hydrogen-bond acceptors (Lipinski definition) is 4. The predicted molar refractivity (Wildman–Crippen MR) is 97.2 cm³/mol. The Bertz CT molecular complexity index is 525. The highest BCUT2D eigenvalue weighted by atomic mass is 79.9. The zero-order chi connectivity index (χ0) is 16.8. The Labute approximate surface area is 151 Å². The lowest BCUT2D eigenvalue weighted by Crippen LogP contribution is -2.42. The van der Waals surface area contributed by atoms with Crippen LogP contribution in [0.4, 0.5) is 5.69 Å². The van der Waals surface area contributed by atoms with E-state index in [1.807, 2.05) is 24.3 Å². The second-order valence-electron chi connectivity index (χ2n) is 6.49. The van der Waals surface area contributed by atoms with E-state index in [0.717, 1.165) is 62.1 Å². The van der Waals surface area contributed by atoms with E-state index in [2.05, 4.69) is 26.1 Å². The minimum atomic E-state index is -0.00195. The lowest BCUT2D eigenvalue weighted by molar-refractivity contribution is -0.118. The summed E-state index contributed by atoms with van der Waals surface area (Å²) >= 11 is 3.46. The second kappa shape index (κ2) is 8.94. The fraction of sp³-hybridized carbons (Fsp3) is 0.611. The predicted octanol–water partition coefficient (Wildman–Crippen LogP) is 3.05. The van der Waals surface area contributed by atoms with Crippen molar-refractivity contribution in [3.05, 3.63) is 28.7 Å². The molecule has 0 radical (unpaired) electrons. The molecule has 2 unspecified atom stereocenters. The summed E-state index contributed by atoms with van der Waals surface area (Å²) < 4.78 is 12.4. The van der Waals surface area contributed by atoms with Gasteiger partial charge in [0.1, 0.15) is 0 Å². The molecule has 1 N–H and O–H groups in total. The fourth-order valence-electron chi connectivity index (χ4n) is 3.31. The van der Waals surface area contributed by atoms with Gasteiger partial charge in [-0.3, -0.25) is 9.69 Å². The van der Waals surface area contributed by atoms with Crippen LogP contribution in [0.2, 0.25) is 0 Å². The van der Waals surface area contributed by atoms with Gasteiger partial charge in [-0.2, -0.15) is 0 Å². The Morgan fingerprint density at radius 3 is 2.29 bits per heavy atom. The lowest BCUT2D eigenvalue weighted by atomic mass is 10.2. The smallest absolute Gasteiger partial charge is 0.238 e. The maximum Gasteiger partial charge on any atom is 0.238 e. The molecular weight excluding hydrogens is 372 g/mol. The summed E-state index contributed by atoms with van der Waals surface area (Å²) in [6.45, 7) is 3.62. The normalized spacial score (nSPS) is 23.8. The molecule has 0 aromatic heterocycles. The summed E-state index contributed by atoms with van der Waals surface area (Å²) in [4.78, 5) is 14.6. The molecule has 24 heavy (non-hydrogen) atoms. The Hall–Kier alpha value is -0.950. The summed E-state index contributed by atoms with van der Waals surface area (Å²) in [6, 6.07) is 7.66. The Morgan fingerprint density at radius 2 is 1.75 bits per heavy atom. The van der Waals surface area contributed by atoms with Gasteiger partial charge in [0.25, 0.3) is 0 Å². The zero-order valence-corrected chi connectivity index (χ0v) is 15.5. The number of carbonyl (C=O) groups excluding carboxylic acids is 1.